The van der Waals surface area contributed by atoms with E-state index in [4.69, 9.17) is 11.6 Å². The van der Waals surface area contributed by atoms with Crippen molar-refractivity contribution in [2.24, 2.45) is 11.8 Å². The Bertz CT molecular complexity index is 397. The summed E-state index contributed by atoms with van der Waals surface area (Å²) in [5, 5.41) is 10.7. The molecule has 100 valence electrons. The number of rotatable bonds is 1. The summed E-state index contributed by atoms with van der Waals surface area (Å²) in [6, 6.07) is 0. The topological polar surface area (TPSA) is 40.5 Å². The van der Waals surface area contributed by atoms with Gasteiger partial charge >= 0.3 is 0 Å². The zero-order valence-corrected chi connectivity index (χ0v) is 11.3. The van der Waals surface area contributed by atoms with Crippen molar-refractivity contribution in [2.75, 3.05) is 6.54 Å². The molecule has 5 rings (SSSR count). The number of likely N-dealkylation sites (tertiary alicyclic amines) is 1. The molecule has 5 aliphatic rings. The minimum Gasteiger partial charge on any atom is -0.390 e. The van der Waals surface area contributed by atoms with Crippen LogP contribution in [0.2, 0.25) is 0 Å². The van der Waals surface area contributed by atoms with Crippen LogP contribution >= 0.6 is 11.6 Å². The van der Waals surface area contributed by atoms with E-state index in [1.54, 1.807) is 0 Å². The summed E-state index contributed by atoms with van der Waals surface area (Å²) in [6.07, 6.45) is 6.65. The molecule has 18 heavy (non-hydrogen) atoms. The zero-order chi connectivity index (χ0) is 12.5. The molecule has 0 aromatic heterocycles. The Balaban J connectivity index is 1.69. The minimum atomic E-state index is -0.491. The van der Waals surface area contributed by atoms with Gasteiger partial charge in [0.15, 0.2) is 0 Å². The Morgan fingerprint density at radius 1 is 1.22 bits per heavy atom. The molecule has 0 radical (unpaired) electrons. The van der Waals surface area contributed by atoms with E-state index in [-0.39, 0.29) is 16.8 Å². The normalized spacial score (nSPS) is 54.4. The molecule has 1 saturated heterocycles. The highest BCUT2D eigenvalue weighted by Gasteiger charge is 2.60. The third-order valence-corrected chi connectivity index (χ3v) is 5.94. The van der Waals surface area contributed by atoms with Crippen LogP contribution < -0.4 is 0 Å². The number of alkyl halides is 1. The number of hydrogen-bond donors (Lipinski definition) is 1. The molecule has 1 heterocycles. The largest absolute Gasteiger partial charge is 0.390 e. The number of amides is 1. The Hall–Kier alpha value is -0.280. The lowest BCUT2D eigenvalue weighted by Gasteiger charge is -2.62. The van der Waals surface area contributed by atoms with Gasteiger partial charge in [-0.1, -0.05) is 0 Å². The lowest BCUT2D eigenvalue weighted by atomic mass is 9.50. The van der Waals surface area contributed by atoms with Gasteiger partial charge in [0.1, 0.15) is 0 Å². The van der Waals surface area contributed by atoms with Gasteiger partial charge in [-0.15, -0.1) is 11.6 Å². The van der Waals surface area contributed by atoms with Gasteiger partial charge < -0.3 is 10.0 Å². The summed E-state index contributed by atoms with van der Waals surface area (Å²) in [7, 11) is 0. The van der Waals surface area contributed by atoms with Gasteiger partial charge in [-0.3, -0.25) is 4.79 Å². The van der Waals surface area contributed by atoms with Crippen molar-refractivity contribution in [1.29, 1.82) is 0 Å². The van der Waals surface area contributed by atoms with Crippen molar-refractivity contribution in [3.63, 3.8) is 0 Å². The van der Waals surface area contributed by atoms with E-state index in [1.165, 1.54) is 6.42 Å². The lowest BCUT2D eigenvalue weighted by molar-refractivity contribution is -0.179. The van der Waals surface area contributed by atoms with Crippen LogP contribution in [0, 0.1) is 11.8 Å². The molecule has 0 aromatic rings. The van der Waals surface area contributed by atoms with Crippen molar-refractivity contribution in [3.05, 3.63) is 0 Å². The molecular formula is C14H20ClNO2. The molecule has 1 aliphatic heterocycles. The van der Waals surface area contributed by atoms with Crippen LogP contribution in [0.4, 0.5) is 0 Å². The Morgan fingerprint density at radius 2 is 1.89 bits per heavy atom. The van der Waals surface area contributed by atoms with Crippen LogP contribution in [0.1, 0.15) is 44.9 Å². The predicted molar refractivity (Wildman–Crippen MR) is 68.3 cm³/mol. The highest BCUT2D eigenvalue weighted by Crippen LogP contribution is 2.60. The Labute approximate surface area is 112 Å². The fourth-order valence-corrected chi connectivity index (χ4v) is 5.87. The second-order valence-electron chi connectivity index (χ2n) is 7.22. The second-order valence-corrected chi connectivity index (χ2v) is 7.83. The van der Waals surface area contributed by atoms with Crippen molar-refractivity contribution in [2.45, 2.75) is 61.5 Å². The molecule has 3 nitrogen and oxygen atoms in total. The maximum absolute atomic E-state index is 12.2. The molecule has 0 aromatic carbocycles. The number of carbonyl (C=O) groups is 1. The average molecular weight is 270 g/mol. The number of hydrogen-bond acceptors (Lipinski definition) is 2. The molecule has 3 atom stereocenters. The fraction of sp³-hybridized carbons (Fsp3) is 0.929. The number of carbonyl (C=O) groups excluding carboxylic acids is 1. The number of aliphatic hydroxyl groups is 1. The first-order valence-corrected chi connectivity index (χ1v) is 7.59. The third-order valence-electron chi connectivity index (χ3n) is 5.65. The van der Waals surface area contributed by atoms with Gasteiger partial charge in [-0.05, 0) is 50.4 Å². The summed E-state index contributed by atoms with van der Waals surface area (Å²) in [6.45, 7) is 0.690. The van der Waals surface area contributed by atoms with Gasteiger partial charge in [-0.2, -0.15) is 0 Å². The Kier molecular flexibility index (Phi) is 2.20. The lowest BCUT2D eigenvalue weighted by Crippen LogP contribution is -2.65. The van der Waals surface area contributed by atoms with Gasteiger partial charge in [0.05, 0.1) is 11.0 Å². The zero-order valence-electron chi connectivity index (χ0n) is 10.6. The van der Waals surface area contributed by atoms with E-state index < -0.39 is 5.60 Å². The van der Waals surface area contributed by atoms with Gasteiger partial charge in [-0.25, -0.2) is 0 Å². The van der Waals surface area contributed by atoms with Crippen LogP contribution in [-0.2, 0) is 4.79 Å². The molecule has 1 N–H and O–H groups in total. The molecule has 5 fully saturated rings. The van der Waals surface area contributed by atoms with E-state index in [9.17, 15) is 9.90 Å². The summed E-state index contributed by atoms with van der Waals surface area (Å²) >= 11 is 6.15. The molecule has 4 bridgehead atoms. The predicted octanol–water partition coefficient (Wildman–Crippen LogP) is 1.91. The van der Waals surface area contributed by atoms with Crippen molar-refractivity contribution in [1.82, 2.24) is 4.90 Å². The van der Waals surface area contributed by atoms with Crippen LogP contribution in [0.3, 0.4) is 0 Å². The second kappa shape index (κ2) is 3.43. The smallest absolute Gasteiger partial charge is 0.224 e. The Morgan fingerprint density at radius 3 is 2.39 bits per heavy atom. The summed E-state index contributed by atoms with van der Waals surface area (Å²) in [5.74, 6) is 1.46. The summed E-state index contributed by atoms with van der Waals surface area (Å²) in [4.78, 5) is 14.2. The molecule has 4 saturated carbocycles. The van der Waals surface area contributed by atoms with Crippen LogP contribution in [0.25, 0.3) is 0 Å². The first-order chi connectivity index (χ1) is 8.48. The van der Waals surface area contributed by atoms with Gasteiger partial charge in [0.25, 0.3) is 0 Å². The first kappa shape index (κ1) is 11.5. The monoisotopic (exact) mass is 269 g/mol. The van der Waals surface area contributed by atoms with E-state index in [1.807, 2.05) is 4.90 Å². The molecule has 1 amide bonds. The van der Waals surface area contributed by atoms with Gasteiger partial charge in [0, 0.05) is 18.5 Å². The standard InChI is InChI=1S/C14H20ClNO2/c15-11-2-12(17)16(7-11)13-3-9-1-10(4-13)6-14(18,5-9)8-13/h9-11,18H,1-8H2. The van der Waals surface area contributed by atoms with Gasteiger partial charge in [0.2, 0.25) is 5.91 Å². The number of nitrogens with zero attached hydrogens (tertiary/aromatic N) is 1. The minimum absolute atomic E-state index is 0.0276. The highest BCUT2D eigenvalue weighted by molar-refractivity contribution is 6.22. The van der Waals surface area contributed by atoms with Crippen LogP contribution in [0.5, 0.6) is 0 Å². The fourth-order valence-electron chi connectivity index (χ4n) is 5.60. The van der Waals surface area contributed by atoms with E-state index >= 15 is 0 Å². The third kappa shape index (κ3) is 1.50. The molecule has 4 heteroatoms. The van der Waals surface area contributed by atoms with Crippen molar-refractivity contribution in [3.8, 4) is 0 Å². The molecular weight excluding hydrogens is 250 g/mol. The summed E-state index contributed by atoms with van der Waals surface area (Å²) < 4.78 is 0. The van der Waals surface area contributed by atoms with Crippen LogP contribution in [0.15, 0.2) is 0 Å². The van der Waals surface area contributed by atoms with E-state index in [2.05, 4.69) is 0 Å². The summed E-state index contributed by atoms with van der Waals surface area (Å²) in [5.41, 5.74) is -0.547. The van der Waals surface area contributed by atoms with Crippen LogP contribution in [-0.4, -0.2) is 39.0 Å². The van der Waals surface area contributed by atoms with E-state index in [0.29, 0.717) is 24.8 Å². The average Bonchev–Trinajstić information content (AvgIpc) is 2.54. The highest BCUT2D eigenvalue weighted by atomic mass is 35.5. The van der Waals surface area contributed by atoms with E-state index in [0.717, 1.165) is 32.1 Å². The van der Waals surface area contributed by atoms with Crippen molar-refractivity contribution < 1.29 is 9.90 Å². The molecule has 0 spiro atoms. The SMILES string of the molecule is O=C1CC(Cl)CN1C12CC3CC(CC(O)(C3)C1)C2. The maximum atomic E-state index is 12.2. The molecule has 3 unspecified atom stereocenters. The first-order valence-electron chi connectivity index (χ1n) is 7.15. The number of halogens is 1. The quantitative estimate of drug-likeness (QED) is 0.739. The molecule has 4 aliphatic carbocycles. The maximum Gasteiger partial charge on any atom is 0.224 e. The van der Waals surface area contributed by atoms with Crippen molar-refractivity contribution >= 4 is 17.5 Å².